The van der Waals surface area contributed by atoms with E-state index in [9.17, 15) is 4.79 Å². The van der Waals surface area contributed by atoms with E-state index in [1.54, 1.807) is 18.2 Å². The monoisotopic (exact) mass is 395 g/mol. The van der Waals surface area contributed by atoms with Crippen LogP contribution < -0.4 is 14.8 Å². The molecule has 0 aromatic heterocycles. The molecule has 1 aliphatic rings. The predicted molar refractivity (Wildman–Crippen MR) is 89.2 cm³/mol. The Labute approximate surface area is 136 Å². The van der Waals surface area contributed by atoms with Crippen LogP contribution in [0.15, 0.2) is 30.3 Å². The van der Waals surface area contributed by atoms with Gasteiger partial charge in [-0.25, -0.2) is 0 Å². The first-order chi connectivity index (χ1) is 10.0. The number of anilines is 1. The van der Waals surface area contributed by atoms with Crippen LogP contribution >= 0.6 is 22.6 Å². The Hall–Kier alpha value is -1.76. The maximum Gasteiger partial charge on any atom is 0.255 e. The lowest BCUT2D eigenvalue weighted by Gasteiger charge is -2.11. The third kappa shape index (κ3) is 2.83. The molecule has 0 radical (unpaired) electrons. The summed E-state index contributed by atoms with van der Waals surface area (Å²) in [5, 5.41) is 2.95. The lowest BCUT2D eigenvalue weighted by molar-refractivity contribution is 0.102. The van der Waals surface area contributed by atoms with E-state index in [0.29, 0.717) is 17.1 Å². The van der Waals surface area contributed by atoms with E-state index in [2.05, 4.69) is 34.0 Å². The zero-order valence-electron chi connectivity index (χ0n) is 11.7. The van der Waals surface area contributed by atoms with E-state index in [1.807, 2.05) is 19.9 Å². The molecule has 0 spiro atoms. The summed E-state index contributed by atoms with van der Waals surface area (Å²) in [6.07, 6.45) is 0. The highest BCUT2D eigenvalue weighted by Crippen LogP contribution is 2.32. The first-order valence-corrected chi connectivity index (χ1v) is 7.60. The van der Waals surface area contributed by atoms with Gasteiger partial charge in [0.05, 0.1) is 0 Å². The molecule has 0 fully saturated rings. The van der Waals surface area contributed by atoms with Crippen molar-refractivity contribution in [3.05, 3.63) is 50.6 Å². The number of hydrogen-bond acceptors (Lipinski definition) is 3. The molecule has 1 heterocycles. The van der Waals surface area contributed by atoms with E-state index < -0.39 is 0 Å². The summed E-state index contributed by atoms with van der Waals surface area (Å²) >= 11 is 2.29. The normalized spacial score (nSPS) is 12.3. The molecular formula is C16H14INO3. The van der Waals surface area contributed by atoms with Crippen LogP contribution in [-0.2, 0) is 0 Å². The lowest BCUT2D eigenvalue weighted by atomic mass is 10.1. The number of benzene rings is 2. The Bertz CT molecular complexity index is 728. The summed E-state index contributed by atoms with van der Waals surface area (Å²) in [6, 6.07) is 9.24. The molecule has 0 unspecified atom stereocenters. The van der Waals surface area contributed by atoms with Gasteiger partial charge in [0.25, 0.3) is 5.91 Å². The molecule has 108 valence electrons. The topological polar surface area (TPSA) is 47.6 Å². The number of rotatable bonds is 2. The maximum absolute atomic E-state index is 12.4. The fraction of sp³-hybridized carbons (Fsp3) is 0.188. The van der Waals surface area contributed by atoms with Crippen molar-refractivity contribution in [2.45, 2.75) is 13.8 Å². The zero-order chi connectivity index (χ0) is 15.0. The highest BCUT2D eigenvalue weighted by molar-refractivity contribution is 14.1. The minimum Gasteiger partial charge on any atom is -0.454 e. The van der Waals surface area contributed by atoms with Crippen LogP contribution in [-0.4, -0.2) is 12.7 Å². The second-order valence-corrected chi connectivity index (χ2v) is 6.10. The van der Waals surface area contributed by atoms with Gasteiger partial charge in [-0.15, -0.1) is 0 Å². The van der Waals surface area contributed by atoms with Gasteiger partial charge in [0.1, 0.15) is 0 Å². The summed E-state index contributed by atoms with van der Waals surface area (Å²) in [5.41, 5.74) is 3.56. The largest absolute Gasteiger partial charge is 0.454 e. The molecule has 5 heteroatoms. The van der Waals surface area contributed by atoms with Crippen molar-refractivity contribution in [2.24, 2.45) is 0 Å². The lowest BCUT2D eigenvalue weighted by Crippen LogP contribution is -2.13. The Morgan fingerprint density at radius 3 is 2.67 bits per heavy atom. The van der Waals surface area contributed by atoms with E-state index >= 15 is 0 Å². The van der Waals surface area contributed by atoms with Crippen molar-refractivity contribution >= 4 is 34.2 Å². The average Bonchev–Trinajstić information content (AvgIpc) is 2.92. The first kappa shape index (κ1) is 14.2. The minimum atomic E-state index is -0.156. The average molecular weight is 395 g/mol. The van der Waals surface area contributed by atoms with E-state index in [1.165, 1.54) is 3.57 Å². The van der Waals surface area contributed by atoms with Gasteiger partial charge in [-0.05, 0) is 77.9 Å². The van der Waals surface area contributed by atoms with Crippen LogP contribution in [0.25, 0.3) is 0 Å². The van der Waals surface area contributed by atoms with Gasteiger partial charge in [-0.3, -0.25) is 4.79 Å². The van der Waals surface area contributed by atoms with Crippen molar-refractivity contribution in [1.29, 1.82) is 0 Å². The SMILES string of the molecule is Cc1cc(NC(=O)c2ccc3c(c2)OCO3)c(C)cc1I. The van der Waals surface area contributed by atoms with Crippen LogP contribution in [0.4, 0.5) is 5.69 Å². The molecular weight excluding hydrogens is 381 g/mol. The predicted octanol–water partition coefficient (Wildman–Crippen LogP) is 3.89. The minimum absolute atomic E-state index is 0.156. The summed E-state index contributed by atoms with van der Waals surface area (Å²) in [4.78, 5) is 12.4. The molecule has 0 atom stereocenters. The molecule has 1 aliphatic heterocycles. The second-order valence-electron chi connectivity index (χ2n) is 4.94. The Morgan fingerprint density at radius 2 is 1.86 bits per heavy atom. The standard InChI is InChI=1S/C16H14INO3/c1-9-6-13(10(2)5-12(9)17)18-16(19)11-3-4-14-15(7-11)21-8-20-14/h3-7H,8H2,1-2H3,(H,18,19). The summed E-state index contributed by atoms with van der Waals surface area (Å²) in [6.45, 7) is 4.21. The Balaban J connectivity index is 1.85. The molecule has 0 saturated carbocycles. The molecule has 2 aromatic carbocycles. The van der Waals surface area contributed by atoms with Crippen LogP contribution in [0.2, 0.25) is 0 Å². The van der Waals surface area contributed by atoms with Gasteiger partial charge in [-0.2, -0.15) is 0 Å². The molecule has 0 bridgehead atoms. The van der Waals surface area contributed by atoms with Gasteiger partial charge >= 0.3 is 0 Å². The number of carbonyl (C=O) groups excluding carboxylic acids is 1. The highest BCUT2D eigenvalue weighted by atomic mass is 127. The summed E-state index contributed by atoms with van der Waals surface area (Å²) < 4.78 is 11.7. The maximum atomic E-state index is 12.4. The van der Waals surface area contributed by atoms with Crippen LogP contribution in [0.5, 0.6) is 11.5 Å². The van der Waals surface area contributed by atoms with Crippen LogP contribution in [0.1, 0.15) is 21.5 Å². The van der Waals surface area contributed by atoms with Gasteiger partial charge in [0.15, 0.2) is 11.5 Å². The third-order valence-electron chi connectivity index (χ3n) is 3.39. The number of nitrogens with one attached hydrogen (secondary N) is 1. The summed E-state index contributed by atoms with van der Waals surface area (Å²) in [5.74, 6) is 1.13. The second kappa shape index (κ2) is 5.55. The molecule has 2 aromatic rings. The number of amides is 1. The molecule has 4 nitrogen and oxygen atoms in total. The molecule has 21 heavy (non-hydrogen) atoms. The number of aryl methyl sites for hydroxylation is 2. The molecule has 0 saturated heterocycles. The van der Waals surface area contributed by atoms with Gasteiger partial charge < -0.3 is 14.8 Å². The Kier molecular flexibility index (Phi) is 3.75. The number of carbonyl (C=O) groups is 1. The van der Waals surface area contributed by atoms with Gasteiger partial charge in [0, 0.05) is 14.8 Å². The van der Waals surface area contributed by atoms with Crippen LogP contribution in [0.3, 0.4) is 0 Å². The first-order valence-electron chi connectivity index (χ1n) is 6.52. The molecule has 1 N–H and O–H groups in total. The quantitative estimate of drug-likeness (QED) is 0.786. The van der Waals surface area contributed by atoms with Crippen molar-refractivity contribution in [3.8, 4) is 11.5 Å². The number of hydrogen-bond donors (Lipinski definition) is 1. The van der Waals surface area contributed by atoms with Crippen molar-refractivity contribution < 1.29 is 14.3 Å². The fourth-order valence-corrected chi connectivity index (χ4v) is 2.77. The third-order valence-corrected chi connectivity index (χ3v) is 4.55. The van der Waals surface area contributed by atoms with E-state index in [0.717, 1.165) is 16.8 Å². The number of halogens is 1. The van der Waals surface area contributed by atoms with Crippen molar-refractivity contribution in [1.82, 2.24) is 0 Å². The number of ether oxygens (including phenoxy) is 2. The molecule has 1 amide bonds. The molecule has 0 aliphatic carbocycles. The van der Waals surface area contributed by atoms with Crippen LogP contribution in [0, 0.1) is 17.4 Å². The van der Waals surface area contributed by atoms with Crippen molar-refractivity contribution in [2.75, 3.05) is 12.1 Å². The van der Waals surface area contributed by atoms with Crippen molar-refractivity contribution in [3.63, 3.8) is 0 Å². The van der Waals surface area contributed by atoms with E-state index in [-0.39, 0.29) is 12.7 Å². The zero-order valence-corrected chi connectivity index (χ0v) is 13.9. The van der Waals surface area contributed by atoms with Gasteiger partial charge in [-0.1, -0.05) is 0 Å². The van der Waals surface area contributed by atoms with E-state index in [4.69, 9.17) is 9.47 Å². The fourth-order valence-electron chi connectivity index (χ4n) is 2.15. The molecule has 3 rings (SSSR count). The number of fused-ring (bicyclic) bond motifs is 1. The highest BCUT2D eigenvalue weighted by Gasteiger charge is 2.16. The smallest absolute Gasteiger partial charge is 0.255 e. The van der Waals surface area contributed by atoms with Gasteiger partial charge in [0.2, 0.25) is 6.79 Å². The Morgan fingerprint density at radius 1 is 1.10 bits per heavy atom. The summed E-state index contributed by atoms with van der Waals surface area (Å²) in [7, 11) is 0.